The lowest BCUT2D eigenvalue weighted by molar-refractivity contribution is -0.118. The second-order valence-corrected chi connectivity index (χ2v) is 4.19. The van der Waals surface area contributed by atoms with Crippen LogP contribution in [0.15, 0.2) is 18.2 Å². The molecule has 0 saturated heterocycles. The second-order valence-electron chi connectivity index (χ2n) is 4.19. The molecule has 0 bridgehead atoms. The lowest BCUT2D eigenvalue weighted by Crippen LogP contribution is -2.21. The zero-order chi connectivity index (χ0) is 13.0. The number of hydrogen-bond acceptors (Lipinski definition) is 4. The predicted molar refractivity (Wildman–Crippen MR) is 67.7 cm³/mol. The van der Waals surface area contributed by atoms with Gasteiger partial charge in [0.2, 0.25) is 5.91 Å². The average Bonchev–Trinajstić information content (AvgIpc) is 2.72. The number of nitrogens with two attached hydrogens (primary N) is 1. The number of amides is 1. The Labute approximate surface area is 106 Å². The van der Waals surface area contributed by atoms with E-state index >= 15 is 0 Å². The molecule has 1 aliphatic heterocycles. The van der Waals surface area contributed by atoms with Crippen molar-refractivity contribution in [1.29, 1.82) is 0 Å². The van der Waals surface area contributed by atoms with E-state index in [0.717, 1.165) is 17.9 Å². The number of rotatable bonds is 6. The molecule has 1 atom stereocenters. The molecule has 18 heavy (non-hydrogen) atoms. The van der Waals surface area contributed by atoms with Gasteiger partial charge in [0.1, 0.15) is 18.1 Å². The van der Waals surface area contributed by atoms with E-state index in [1.807, 2.05) is 18.2 Å². The Morgan fingerprint density at radius 2 is 2.44 bits per heavy atom. The number of carbonyl (C=O) groups is 1. The molecule has 1 aromatic carbocycles. The molecular formula is C13H18N2O3. The lowest BCUT2D eigenvalue weighted by Gasteiger charge is -2.09. The van der Waals surface area contributed by atoms with Crippen LogP contribution in [-0.4, -0.2) is 25.7 Å². The fourth-order valence-corrected chi connectivity index (χ4v) is 1.97. The summed E-state index contributed by atoms with van der Waals surface area (Å²) in [6.45, 7) is 3.92. The zero-order valence-corrected chi connectivity index (χ0v) is 10.4. The molecule has 0 fully saturated rings. The molecule has 1 aromatic rings. The van der Waals surface area contributed by atoms with Crippen LogP contribution in [0.25, 0.3) is 0 Å². The van der Waals surface area contributed by atoms with Crippen LogP contribution in [0.3, 0.4) is 0 Å². The smallest absolute Gasteiger partial charge is 0.220 e. The van der Waals surface area contributed by atoms with Gasteiger partial charge in [-0.05, 0) is 18.7 Å². The van der Waals surface area contributed by atoms with Crippen molar-refractivity contribution in [2.24, 2.45) is 5.73 Å². The van der Waals surface area contributed by atoms with Gasteiger partial charge in [0.25, 0.3) is 0 Å². The van der Waals surface area contributed by atoms with Crippen LogP contribution >= 0.6 is 0 Å². The first kappa shape index (κ1) is 12.7. The molecule has 1 heterocycles. The molecule has 5 heteroatoms. The SMILES string of the molecule is CCNC1COc2cc(OCCC(N)=O)ccc21. The average molecular weight is 250 g/mol. The largest absolute Gasteiger partial charge is 0.493 e. The van der Waals surface area contributed by atoms with Gasteiger partial charge in [-0.25, -0.2) is 0 Å². The highest BCUT2D eigenvalue weighted by Gasteiger charge is 2.23. The molecule has 1 amide bonds. The Morgan fingerprint density at radius 3 is 3.17 bits per heavy atom. The van der Waals surface area contributed by atoms with Crippen molar-refractivity contribution in [2.45, 2.75) is 19.4 Å². The Hall–Kier alpha value is -1.75. The summed E-state index contributed by atoms with van der Waals surface area (Å²) in [7, 11) is 0. The molecule has 5 nitrogen and oxygen atoms in total. The first-order valence-corrected chi connectivity index (χ1v) is 6.12. The fraction of sp³-hybridized carbons (Fsp3) is 0.462. The quantitative estimate of drug-likeness (QED) is 0.789. The topological polar surface area (TPSA) is 73.6 Å². The minimum absolute atomic E-state index is 0.220. The number of hydrogen-bond donors (Lipinski definition) is 2. The van der Waals surface area contributed by atoms with E-state index in [9.17, 15) is 4.79 Å². The van der Waals surface area contributed by atoms with Crippen LogP contribution in [0.2, 0.25) is 0 Å². The van der Waals surface area contributed by atoms with E-state index in [2.05, 4.69) is 12.2 Å². The summed E-state index contributed by atoms with van der Waals surface area (Å²) in [5, 5.41) is 3.35. The third-order valence-corrected chi connectivity index (χ3v) is 2.83. The van der Waals surface area contributed by atoms with E-state index in [1.165, 1.54) is 0 Å². The standard InChI is InChI=1S/C13H18N2O3/c1-2-15-11-8-18-12-7-9(3-4-10(11)12)17-6-5-13(14)16/h3-4,7,11,15H,2,5-6,8H2,1H3,(H2,14,16). The number of likely N-dealkylation sites (N-methyl/N-ethyl adjacent to an activating group) is 1. The van der Waals surface area contributed by atoms with Crippen molar-refractivity contribution in [3.8, 4) is 11.5 Å². The number of fused-ring (bicyclic) bond motifs is 1. The van der Waals surface area contributed by atoms with Gasteiger partial charge >= 0.3 is 0 Å². The Morgan fingerprint density at radius 1 is 1.61 bits per heavy atom. The van der Waals surface area contributed by atoms with Crippen molar-refractivity contribution in [1.82, 2.24) is 5.32 Å². The van der Waals surface area contributed by atoms with Gasteiger partial charge in [-0.15, -0.1) is 0 Å². The maximum atomic E-state index is 10.6. The van der Waals surface area contributed by atoms with E-state index in [0.29, 0.717) is 19.0 Å². The second kappa shape index (κ2) is 5.73. The lowest BCUT2D eigenvalue weighted by atomic mass is 10.1. The first-order chi connectivity index (χ1) is 8.70. The molecule has 1 aliphatic rings. The number of primary amides is 1. The van der Waals surface area contributed by atoms with Gasteiger partial charge in [0.15, 0.2) is 0 Å². The van der Waals surface area contributed by atoms with Crippen molar-refractivity contribution in [3.05, 3.63) is 23.8 Å². The Kier molecular flexibility index (Phi) is 4.04. The van der Waals surface area contributed by atoms with E-state index < -0.39 is 0 Å². The Balaban J connectivity index is 1.98. The summed E-state index contributed by atoms with van der Waals surface area (Å²) in [5.74, 6) is 1.18. The molecule has 0 radical (unpaired) electrons. The van der Waals surface area contributed by atoms with Gasteiger partial charge in [-0.3, -0.25) is 4.79 Å². The monoisotopic (exact) mass is 250 g/mol. The maximum absolute atomic E-state index is 10.6. The highest BCUT2D eigenvalue weighted by atomic mass is 16.5. The predicted octanol–water partition coefficient (Wildman–Crippen LogP) is 0.984. The number of ether oxygens (including phenoxy) is 2. The summed E-state index contributed by atoms with van der Waals surface area (Å²) in [5.41, 5.74) is 6.20. The molecule has 0 spiro atoms. The summed E-state index contributed by atoms with van der Waals surface area (Å²) in [6, 6.07) is 5.99. The fourth-order valence-electron chi connectivity index (χ4n) is 1.97. The van der Waals surface area contributed by atoms with Gasteiger partial charge in [0.05, 0.1) is 19.1 Å². The summed E-state index contributed by atoms with van der Waals surface area (Å²) < 4.78 is 11.0. The Bertz CT molecular complexity index is 434. The van der Waals surface area contributed by atoms with Crippen molar-refractivity contribution >= 4 is 5.91 Å². The minimum Gasteiger partial charge on any atom is -0.493 e. The molecule has 3 N–H and O–H groups in total. The summed E-state index contributed by atoms with van der Waals surface area (Å²) in [6.07, 6.45) is 0.220. The van der Waals surface area contributed by atoms with Crippen molar-refractivity contribution in [2.75, 3.05) is 19.8 Å². The molecule has 1 unspecified atom stereocenters. The molecule has 0 aromatic heterocycles. The van der Waals surface area contributed by atoms with Crippen molar-refractivity contribution < 1.29 is 14.3 Å². The third-order valence-electron chi connectivity index (χ3n) is 2.83. The third kappa shape index (κ3) is 2.92. The van der Waals surface area contributed by atoms with Crippen LogP contribution in [-0.2, 0) is 4.79 Å². The summed E-state index contributed by atoms with van der Waals surface area (Å²) >= 11 is 0. The molecule has 2 rings (SSSR count). The molecular weight excluding hydrogens is 232 g/mol. The van der Waals surface area contributed by atoms with Crippen LogP contribution in [0.1, 0.15) is 24.9 Å². The van der Waals surface area contributed by atoms with Crippen LogP contribution in [0.4, 0.5) is 0 Å². The van der Waals surface area contributed by atoms with Gasteiger partial charge in [-0.1, -0.05) is 6.92 Å². The number of carbonyl (C=O) groups excluding carboxylic acids is 1. The number of benzene rings is 1. The molecule has 0 saturated carbocycles. The first-order valence-electron chi connectivity index (χ1n) is 6.12. The highest BCUT2D eigenvalue weighted by Crippen LogP contribution is 2.35. The zero-order valence-electron chi connectivity index (χ0n) is 10.4. The highest BCUT2D eigenvalue weighted by molar-refractivity contribution is 5.73. The van der Waals surface area contributed by atoms with Gasteiger partial charge in [0, 0.05) is 11.6 Å². The molecule has 98 valence electrons. The molecule has 0 aliphatic carbocycles. The van der Waals surface area contributed by atoms with E-state index in [1.54, 1.807) is 0 Å². The van der Waals surface area contributed by atoms with Crippen LogP contribution in [0.5, 0.6) is 11.5 Å². The van der Waals surface area contributed by atoms with Crippen LogP contribution in [0, 0.1) is 0 Å². The normalized spacial score (nSPS) is 17.1. The van der Waals surface area contributed by atoms with Gasteiger partial charge in [-0.2, -0.15) is 0 Å². The van der Waals surface area contributed by atoms with Gasteiger partial charge < -0.3 is 20.5 Å². The number of nitrogens with one attached hydrogen (secondary N) is 1. The van der Waals surface area contributed by atoms with E-state index in [-0.39, 0.29) is 18.4 Å². The minimum atomic E-state index is -0.361. The van der Waals surface area contributed by atoms with Crippen LogP contribution < -0.4 is 20.5 Å². The van der Waals surface area contributed by atoms with E-state index in [4.69, 9.17) is 15.2 Å². The van der Waals surface area contributed by atoms with Crippen molar-refractivity contribution in [3.63, 3.8) is 0 Å². The summed E-state index contributed by atoms with van der Waals surface area (Å²) in [4.78, 5) is 10.6. The maximum Gasteiger partial charge on any atom is 0.220 e.